The van der Waals surface area contributed by atoms with Gasteiger partial charge in [-0.3, -0.25) is 9.59 Å². The quantitative estimate of drug-likeness (QED) is 0.386. The first-order valence-corrected chi connectivity index (χ1v) is 15.2. The van der Waals surface area contributed by atoms with Gasteiger partial charge in [-0.2, -0.15) is 4.31 Å². The summed E-state index contributed by atoms with van der Waals surface area (Å²) in [4.78, 5) is 24.5. The molecular formula is C28H34Cl2N2O5S. The minimum absolute atomic E-state index is 0.175. The number of rotatable bonds is 10. The topological polar surface area (TPSA) is 104 Å². The first kappa shape index (κ1) is 28.9. The SMILES string of the molecule is CC(C(C)[C@@H]1NC(=O)[C@@H](CC(=O)O)C[C@@H]1c1cccc(Cl)c1)C(c1ccc(Cl)cc1)N(C)S(=O)(=O)C1CC1. The number of nitrogens with one attached hydrogen (secondary N) is 1. The van der Waals surface area contributed by atoms with E-state index in [1.165, 1.54) is 4.31 Å². The number of amides is 1. The molecule has 2 aromatic carbocycles. The maximum absolute atomic E-state index is 13.4. The Morgan fingerprint density at radius 1 is 1.11 bits per heavy atom. The largest absolute Gasteiger partial charge is 0.481 e. The Labute approximate surface area is 234 Å². The lowest BCUT2D eigenvalue weighted by molar-refractivity contribution is -0.142. The third-order valence-corrected chi connectivity index (χ3v) is 11.0. The van der Waals surface area contributed by atoms with E-state index in [-0.39, 0.29) is 41.4 Å². The fraction of sp³-hybridized carbons (Fsp3) is 0.500. The minimum atomic E-state index is -3.51. The summed E-state index contributed by atoms with van der Waals surface area (Å²) in [5.74, 6) is -2.56. The fourth-order valence-corrected chi connectivity index (χ4v) is 7.94. The third kappa shape index (κ3) is 6.19. The molecule has 1 amide bonds. The normalized spacial score (nSPS) is 24.5. The molecule has 206 valence electrons. The van der Waals surface area contributed by atoms with E-state index >= 15 is 0 Å². The van der Waals surface area contributed by atoms with E-state index in [2.05, 4.69) is 5.32 Å². The van der Waals surface area contributed by atoms with Crippen LogP contribution in [0.1, 0.15) is 62.6 Å². The summed E-state index contributed by atoms with van der Waals surface area (Å²) in [7, 11) is -1.87. The van der Waals surface area contributed by atoms with Crippen molar-refractivity contribution in [2.45, 2.75) is 62.8 Å². The van der Waals surface area contributed by atoms with Crippen molar-refractivity contribution in [1.82, 2.24) is 9.62 Å². The predicted octanol–water partition coefficient (Wildman–Crippen LogP) is 5.49. The Balaban J connectivity index is 1.71. The number of carboxylic acid groups (broad SMARTS) is 1. The van der Waals surface area contributed by atoms with Gasteiger partial charge in [-0.25, -0.2) is 8.42 Å². The van der Waals surface area contributed by atoms with Crippen LogP contribution in [0, 0.1) is 17.8 Å². The van der Waals surface area contributed by atoms with Gasteiger partial charge in [0.1, 0.15) is 0 Å². The van der Waals surface area contributed by atoms with Gasteiger partial charge >= 0.3 is 5.97 Å². The van der Waals surface area contributed by atoms with Gasteiger partial charge in [0, 0.05) is 35.0 Å². The summed E-state index contributed by atoms with van der Waals surface area (Å²) in [6.45, 7) is 4.03. The summed E-state index contributed by atoms with van der Waals surface area (Å²) < 4.78 is 28.2. The Bertz CT molecular complexity index is 1280. The van der Waals surface area contributed by atoms with Crippen LogP contribution >= 0.6 is 23.2 Å². The highest BCUT2D eigenvalue weighted by atomic mass is 35.5. The van der Waals surface area contributed by atoms with Crippen LogP contribution in [0.25, 0.3) is 0 Å². The molecule has 2 fully saturated rings. The summed E-state index contributed by atoms with van der Waals surface area (Å²) in [5, 5.41) is 13.2. The Kier molecular flexibility index (Phi) is 8.77. The van der Waals surface area contributed by atoms with E-state index in [1.807, 2.05) is 44.2 Å². The standard InChI is InChI=1S/C28H34Cl2N2O5S/c1-16(17(2)27(18-7-9-21(29)10-8-18)32(3)38(36,37)23-11-12-23)26-24(19-5-4-6-22(30)13-19)14-20(15-25(33)34)28(35)31-26/h4-10,13,16-17,20,23-24,26-27H,11-12,14-15H2,1-3H3,(H,31,35)(H,33,34)/t16?,17?,20-,24-,26+,27?/m1/s1. The van der Waals surface area contributed by atoms with E-state index < -0.39 is 28.0 Å². The van der Waals surface area contributed by atoms with Gasteiger partial charge in [-0.1, -0.05) is 61.3 Å². The second kappa shape index (κ2) is 11.5. The Hall–Kier alpha value is -2.13. The van der Waals surface area contributed by atoms with Gasteiger partial charge in [-0.15, -0.1) is 0 Å². The average molecular weight is 582 g/mol. The van der Waals surface area contributed by atoms with Crippen LogP contribution in [0.2, 0.25) is 10.0 Å². The number of hydrogen-bond acceptors (Lipinski definition) is 4. The van der Waals surface area contributed by atoms with Crippen molar-refractivity contribution in [3.05, 3.63) is 69.7 Å². The molecule has 0 bridgehead atoms. The zero-order chi connectivity index (χ0) is 27.8. The lowest BCUT2D eigenvalue weighted by Gasteiger charge is -2.44. The van der Waals surface area contributed by atoms with Gasteiger partial charge in [0.25, 0.3) is 0 Å². The molecule has 1 aliphatic heterocycles. The van der Waals surface area contributed by atoms with Gasteiger partial charge in [-0.05, 0) is 66.5 Å². The number of piperidine rings is 1. The second-order valence-corrected chi connectivity index (χ2v) is 13.8. The number of carbonyl (C=O) groups is 2. The van der Waals surface area contributed by atoms with Gasteiger partial charge in [0.2, 0.25) is 15.9 Å². The Morgan fingerprint density at radius 2 is 1.76 bits per heavy atom. The van der Waals surface area contributed by atoms with E-state index in [1.54, 1.807) is 25.2 Å². The van der Waals surface area contributed by atoms with E-state index in [9.17, 15) is 23.1 Å². The predicted molar refractivity (Wildman–Crippen MR) is 149 cm³/mol. The van der Waals surface area contributed by atoms with E-state index in [4.69, 9.17) is 23.2 Å². The molecule has 0 spiro atoms. The zero-order valence-corrected chi connectivity index (χ0v) is 24.0. The maximum Gasteiger partial charge on any atom is 0.304 e. The molecule has 1 aliphatic carbocycles. The smallest absolute Gasteiger partial charge is 0.304 e. The number of halogens is 2. The molecule has 7 nitrogen and oxygen atoms in total. The molecule has 2 N–H and O–H groups in total. The van der Waals surface area contributed by atoms with Crippen molar-refractivity contribution >= 4 is 45.1 Å². The van der Waals surface area contributed by atoms with Crippen LogP contribution in [0.5, 0.6) is 0 Å². The van der Waals surface area contributed by atoms with Crippen LogP contribution in [0.4, 0.5) is 0 Å². The molecule has 1 saturated heterocycles. The second-order valence-electron chi connectivity index (χ2n) is 10.7. The summed E-state index contributed by atoms with van der Waals surface area (Å²) in [5.41, 5.74) is 1.74. The molecule has 1 saturated carbocycles. The summed E-state index contributed by atoms with van der Waals surface area (Å²) in [6.07, 6.45) is 1.42. The highest BCUT2D eigenvalue weighted by molar-refractivity contribution is 7.90. The van der Waals surface area contributed by atoms with Crippen LogP contribution in [-0.4, -0.2) is 48.0 Å². The first-order valence-electron chi connectivity index (χ1n) is 12.9. The lowest BCUT2D eigenvalue weighted by Crippen LogP contribution is -2.54. The maximum atomic E-state index is 13.4. The first-order chi connectivity index (χ1) is 17.9. The van der Waals surface area contributed by atoms with Gasteiger partial charge in [0.15, 0.2) is 0 Å². The number of sulfonamides is 1. The van der Waals surface area contributed by atoms with Gasteiger partial charge < -0.3 is 10.4 Å². The van der Waals surface area contributed by atoms with Gasteiger partial charge in [0.05, 0.1) is 17.7 Å². The Morgan fingerprint density at radius 3 is 2.34 bits per heavy atom. The molecule has 0 radical (unpaired) electrons. The zero-order valence-electron chi connectivity index (χ0n) is 21.7. The van der Waals surface area contributed by atoms with Crippen LogP contribution in [0.3, 0.4) is 0 Å². The van der Waals surface area contributed by atoms with E-state index in [0.717, 1.165) is 11.1 Å². The number of carboxylic acids is 1. The minimum Gasteiger partial charge on any atom is -0.481 e. The molecule has 38 heavy (non-hydrogen) atoms. The van der Waals surface area contributed by atoms with Crippen LogP contribution in [0.15, 0.2) is 48.5 Å². The molecule has 2 aromatic rings. The fourth-order valence-electron chi connectivity index (χ4n) is 5.79. The van der Waals surface area contributed by atoms with Crippen LogP contribution < -0.4 is 5.32 Å². The molecule has 0 aromatic heterocycles. The molecule has 10 heteroatoms. The van der Waals surface area contributed by atoms with Crippen molar-refractivity contribution in [3.8, 4) is 0 Å². The number of benzene rings is 2. The molecule has 4 rings (SSSR count). The molecule has 3 unspecified atom stereocenters. The number of carbonyl (C=O) groups excluding carboxylic acids is 1. The third-order valence-electron chi connectivity index (χ3n) is 8.19. The molecular weight excluding hydrogens is 547 g/mol. The highest BCUT2D eigenvalue weighted by Gasteiger charge is 2.46. The van der Waals surface area contributed by atoms with Crippen LogP contribution in [-0.2, 0) is 19.6 Å². The van der Waals surface area contributed by atoms with Crippen molar-refractivity contribution in [2.24, 2.45) is 17.8 Å². The summed E-state index contributed by atoms with van der Waals surface area (Å²) in [6, 6.07) is 13.8. The monoisotopic (exact) mass is 580 g/mol. The number of aliphatic carboxylic acids is 1. The summed E-state index contributed by atoms with van der Waals surface area (Å²) >= 11 is 12.5. The lowest BCUT2D eigenvalue weighted by atomic mass is 9.70. The average Bonchev–Trinajstić information content (AvgIpc) is 3.72. The van der Waals surface area contributed by atoms with E-state index in [0.29, 0.717) is 29.3 Å². The van der Waals surface area contributed by atoms with Crippen molar-refractivity contribution in [1.29, 1.82) is 0 Å². The number of nitrogens with zero attached hydrogens (tertiary/aromatic N) is 1. The molecule has 1 heterocycles. The van der Waals surface area contributed by atoms with Crippen molar-refractivity contribution < 1.29 is 23.1 Å². The van der Waals surface area contributed by atoms with Crippen molar-refractivity contribution in [2.75, 3.05) is 7.05 Å². The van der Waals surface area contributed by atoms with Crippen molar-refractivity contribution in [3.63, 3.8) is 0 Å². The number of hydrogen-bond donors (Lipinski definition) is 2. The molecule has 6 atom stereocenters. The molecule has 2 aliphatic rings. The highest BCUT2D eigenvalue weighted by Crippen LogP contribution is 2.44.